The van der Waals surface area contributed by atoms with Gasteiger partial charge >= 0.3 is 0 Å². The maximum absolute atomic E-state index is 10.7. The van der Waals surface area contributed by atoms with Crippen LogP contribution in [0, 0.1) is 0 Å². The van der Waals surface area contributed by atoms with Gasteiger partial charge in [-0.25, -0.2) is 0 Å². The van der Waals surface area contributed by atoms with Crippen LogP contribution in [0.3, 0.4) is 0 Å². The highest BCUT2D eigenvalue weighted by Gasteiger charge is 2.42. The molecule has 8 heteroatoms. The minimum absolute atomic E-state index is 0.456. The van der Waals surface area contributed by atoms with Crippen LogP contribution in [0.15, 0.2) is 53.2 Å². The third-order valence-electron chi connectivity index (χ3n) is 5.67. The molecule has 1 fully saturated rings. The summed E-state index contributed by atoms with van der Waals surface area (Å²) in [7, 11) is 3.29. The molecule has 0 saturated carbocycles. The van der Waals surface area contributed by atoms with Crippen molar-refractivity contribution in [2.24, 2.45) is 0 Å². The van der Waals surface area contributed by atoms with E-state index < -0.39 is 11.7 Å². The smallest absolute Gasteiger partial charge is 0.259 e. The number of aliphatic hydroxyl groups is 1. The Kier molecular flexibility index (Phi) is 6.08. The molecule has 1 N–H and O–H groups in total. The molecule has 30 heavy (non-hydrogen) atoms. The summed E-state index contributed by atoms with van der Waals surface area (Å²) in [5.74, 6) is 1.67. The predicted molar refractivity (Wildman–Crippen MR) is 110 cm³/mol. The Hall–Kier alpha value is -2.81. The normalized spacial score (nSPS) is 17.6. The van der Waals surface area contributed by atoms with Crippen LogP contribution in [-0.4, -0.2) is 59.0 Å². The van der Waals surface area contributed by atoms with E-state index in [0.717, 1.165) is 24.4 Å². The molecule has 3 heterocycles. The summed E-state index contributed by atoms with van der Waals surface area (Å²) >= 11 is 0. The largest absolute Gasteiger partial charge is 0.497 e. The first-order valence-electron chi connectivity index (χ1n) is 9.99. The van der Waals surface area contributed by atoms with E-state index in [2.05, 4.69) is 20.0 Å². The van der Waals surface area contributed by atoms with Gasteiger partial charge in [-0.3, -0.25) is 4.98 Å². The molecule has 1 aliphatic heterocycles. The van der Waals surface area contributed by atoms with Crippen molar-refractivity contribution in [2.75, 3.05) is 33.9 Å². The van der Waals surface area contributed by atoms with Gasteiger partial charge in [0.2, 0.25) is 5.82 Å². The number of benzene rings is 1. The third kappa shape index (κ3) is 4.21. The van der Waals surface area contributed by atoms with E-state index in [-0.39, 0.29) is 0 Å². The summed E-state index contributed by atoms with van der Waals surface area (Å²) in [5, 5.41) is 14.7. The molecule has 3 aromatic rings. The number of hydrogen-bond acceptors (Lipinski definition) is 8. The molecule has 0 spiro atoms. The van der Waals surface area contributed by atoms with Gasteiger partial charge in [-0.05, 0) is 42.7 Å². The van der Waals surface area contributed by atoms with Crippen molar-refractivity contribution in [1.29, 1.82) is 0 Å². The molecule has 1 saturated heterocycles. The van der Waals surface area contributed by atoms with Crippen LogP contribution in [0.5, 0.6) is 5.75 Å². The summed E-state index contributed by atoms with van der Waals surface area (Å²) in [6, 6.07) is 13.1. The van der Waals surface area contributed by atoms with Crippen molar-refractivity contribution in [3.63, 3.8) is 0 Å². The lowest BCUT2D eigenvalue weighted by atomic mass is 9.90. The summed E-state index contributed by atoms with van der Waals surface area (Å²) in [5.41, 5.74) is 0.879. The zero-order chi connectivity index (χ0) is 21.0. The Morgan fingerprint density at radius 1 is 1.17 bits per heavy atom. The van der Waals surface area contributed by atoms with E-state index in [1.165, 1.54) is 0 Å². The van der Waals surface area contributed by atoms with E-state index in [1.54, 1.807) is 20.4 Å². The average molecular weight is 410 g/mol. The van der Waals surface area contributed by atoms with Gasteiger partial charge in [0.1, 0.15) is 17.0 Å². The summed E-state index contributed by atoms with van der Waals surface area (Å²) in [6.45, 7) is 2.03. The molecule has 4 rings (SSSR count). The van der Waals surface area contributed by atoms with Crippen LogP contribution in [0.2, 0.25) is 0 Å². The quantitative estimate of drug-likeness (QED) is 0.636. The zero-order valence-electron chi connectivity index (χ0n) is 17.2. The number of aliphatic hydroxyl groups excluding tert-OH is 1. The van der Waals surface area contributed by atoms with Crippen molar-refractivity contribution in [3.8, 4) is 17.3 Å². The fraction of sp³-hybridized carbons (Fsp3) is 0.409. The number of ether oxygens (including phenoxy) is 2. The van der Waals surface area contributed by atoms with Gasteiger partial charge in [-0.1, -0.05) is 23.4 Å². The van der Waals surface area contributed by atoms with Gasteiger partial charge in [0.25, 0.3) is 5.89 Å². The lowest BCUT2D eigenvalue weighted by Crippen LogP contribution is -2.45. The minimum atomic E-state index is -0.628. The summed E-state index contributed by atoms with van der Waals surface area (Å²) < 4.78 is 16.7. The number of likely N-dealkylation sites (tertiary alicyclic amines) is 1. The lowest BCUT2D eigenvalue weighted by molar-refractivity contribution is -0.0866. The van der Waals surface area contributed by atoms with Crippen molar-refractivity contribution in [3.05, 3.63) is 60.1 Å². The second kappa shape index (κ2) is 8.91. The van der Waals surface area contributed by atoms with E-state index >= 15 is 0 Å². The van der Waals surface area contributed by atoms with Crippen LogP contribution in [-0.2, 0) is 10.3 Å². The highest BCUT2D eigenvalue weighted by atomic mass is 16.5. The van der Waals surface area contributed by atoms with Crippen LogP contribution in [0.25, 0.3) is 11.5 Å². The minimum Gasteiger partial charge on any atom is -0.497 e. The number of hydrogen-bond donors (Lipinski definition) is 1. The highest BCUT2D eigenvalue weighted by Crippen LogP contribution is 2.36. The van der Waals surface area contributed by atoms with Gasteiger partial charge in [0, 0.05) is 32.9 Å². The molecule has 158 valence electrons. The molecular weight excluding hydrogens is 384 g/mol. The molecule has 8 nitrogen and oxygen atoms in total. The SMILES string of the molecule is COc1cccc([C@@H](O)CN2CCC(OC)(c3nc(-c4ccccn4)no3)CC2)c1. The number of rotatable bonds is 7. The highest BCUT2D eigenvalue weighted by molar-refractivity contribution is 5.47. The van der Waals surface area contributed by atoms with Crippen LogP contribution < -0.4 is 4.74 Å². The Bertz CT molecular complexity index is 955. The van der Waals surface area contributed by atoms with E-state index in [9.17, 15) is 5.11 Å². The maximum Gasteiger partial charge on any atom is 0.259 e. The van der Waals surface area contributed by atoms with Crippen molar-refractivity contribution in [2.45, 2.75) is 24.5 Å². The second-order valence-corrected chi connectivity index (χ2v) is 7.43. The number of pyridine rings is 1. The monoisotopic (exact) mass is 410 g/mol. The fourth-order valence-electron chi connectivity index (χ4n) is 3.81. The number of piperidine rings is 1. The standard InChI is InChI=1S/C22H26N4O4/c1-28-17-7-5-6-16(14-17)19(27)15-26-12-9-22(29-2,10-13-26)21-24-20(25-30-21)18-8-3-4-11-23-18/h3-8,11,14,19,27H,9-10,12-13,15H2,1-2H3/t19-/m0/s1. The molecule has 1 aliphatic rings. The molecular formula is C22H26N4O4. The van der Waals surface area contributed by atoms with Crippen LogP contribution in [0.1, 0.15) is 30.4 Å². The second-order valence-electron chi connectivity index (χ2n) is 7.43. The fourth-order valence-corrected chi connectivity index (χ4v) is 3.81. The molecule has 1 aromatic carbocycles. The first kappa shape index (κ1) is 20.5. The molecule has 1 atom stereocenters. The van der Waals surface area contributed by atoms with Crippen LogP contribution in [0.4, 0.5) is 0 Å². The van der Waals surface area contributed by atoms with Gasteiger partial charge < -0.3 is 24.0 Å². The van der Waals surface area contributed by atoms with Gasteiger partial charge in [0.05, 0.1) is 13.2 Å². The van der Waals surface area contributed by atoms with E-state index in [4.69, 9.17) is 14.0 Å². The maximum atomic E-state index is 10.7. The number of nitrogens with zero attached hydrogens (tertiary/aromatic N) is 4. The molecule has 0 amide bonds. The van der Waals surface area contributed by atoms with E-state index in [1.807, 2.05) is 42.5 Å². The molecule has 0 radical (unpaired) electrons. The number of aromatic nitrogens is 3. The average Bonchev–Trinajstić information content (AvgIpc) is 3.31. The van der Waals surface area contributed by atoms with E-state index in [0.29, 0.717) is 36.8 Å². The first-order valence-corrected chi connectivity index (χ1v) is 9.99. The zero-order valence-corrected chi connectivity index (χ0v) is 17.2. The first-order chi connectivity index (χ1) is 14.6. The predicted octanol–water partition coefficient (Wildman–Crippen LogP) is 2.81. The van der Waals surface area contributed by atoms with Crippen LogP contribution >= 0.6 is 0 Å². The van der Waals surface area contributed by atoms with Crippen molar-refractivity contribution in [1.82, 2.24) is 20.0 Å². The Morgan fingerprint density at radius 2 is 2.00 bits per heavy atom. The molecule has 0 unspecified atom stereocenters. The van der Waals surface area contributed by atoms with Gasteiger partial charge in [-0.15, -0.1) is 0 Å². The van der Waals surface area contributed by atoms with Gasteiger partial charge in [0.15, 0.2) is 0 Å². The van der Waals surface area contributed by atoms with Gasteiger partial charge in [-0.2, -0.15) is 4.98 Å². The summed E-state index contributed by atoms with van der Waals surface area (Å²) in [4.78, 5) is 11.0. The van der Waals surface area contributed by atoms with Crippen molar-refractivity contribution < 1.29 is 19.1 Å². The number of β-amino-alcohol motifs (C(OH)–C–C–N with tert-alkyl or cyclic N) is 1. The molecule has 0 bridgehead atoms. The Labute approximate surface area is 175 Å². The van der Waals surface area contributed by atoms with Crippen molar-refractivity contribution >= 4 is 0 Å². The Balaban J connectivity index is 1.41. The third-order valence-corrected chi connectivity index (χ3v) is 5.67. The molecule has 0 aliphatic carbocycles. The number of methoxy groups -OCH3 is 2. The molecule has 2 aromatic heterocycles. The lowest BCUT2D eigenvalue weighted by Gasteiger charge is -2.38. The topological polar surface area (TPSA) is 93.7 Å². The Morgan fingerprint density at radius 3 is 2.70 bits per heavy atom. The summed E-state index contributed by atoms with van der Waals surface area (Å²) in [6.07, 6.45) is 2.49.